The van der Waals surface area contributed by atoms with Crippen molar-refractivity contribution in [3.05, 3.63) is 53.7 Å². The molecule has 0 fully saturated rings. The minimum atomic E-state index is -0.157. The second-order valence-corrected chi connectivity index (χ2v) is 4.94. The van der Waals surface area contributed by atoms with Gasteiger partial charge in [0.25, 0.3) is 0 Å². The van der Waals surface area contributed by atoms with E-state index in [0.717, 1.165) is 17.1 Å². The summed E-state index contributed by atoms with van der Waals surface area (Å²) in [4.78, 5) is 11.9. The van der Waals surface area contributed by atoms with E-state index in [0.29, 0.717) is 0 Å². The lowest BCUT2D eigenvalue weighted by atomic mass is 10.2. The maximum absolute atomic E-state index is 11.9. The highest BCUT2D eigenvalue weighted by Gasteiger charge is 2.09. The van der Waals surface area contributed by atoms with Crippen LogP contribution in [0.1, 0.15) is 31.1 Å². The van der Waals surface area contributed by atoms with Gasteiger partial charge in [-0.3, -0.25) is 4.79 Å². The number of carbonyl (C=O) groups is 1. The van der Waals surface area contributed by atoms with E-state index in [1.807, 2.05) is 61.9 Å². The van der Waals surface area contributed by atoms with E-state index in [9.17, 15) is 4.79 Å². The Morgan fingerprint density at radius 1 is 1.30 bits per heavy atom. The predicted octanol–water partition coefficient (Wildman–Crippen LogP) is 3.42. The summed E-state index contributed by atoms with van der Waals surface area (Å²) < 4.78 is 1.81. The first kappa shape index (κ1) is 14.1. The van der Waals surface area contributed by atoms with E-state index in [1.54, 1.807) is 6.08 Å². The Morgan fingerprint density at radius 2 is 2.00 bits per heavy atom. The number of rotatable bonds is 4. The molecule has 0 atom stereocenters. The van der Waals surface area contributed by atoms with Gasteiger partial charge in [0, 0.05) is 18.2 Å². The summed E-state index contributed by atoms with van der Waals surface area (Å²) in [5, 5.41) is 7.22. The highest BCUT2D eigenvalue weighted by atomic mass is 16.1. The molecule has 1 N–H and O–H groups in total. The number of nitrogens with one attached hydrogen (secondary N) is 1. The lowest BCUT2D eigenvalue weighted by molar-refractivity contribution is -0.111. The zero-order valence-electron chi connectivity index (χ0n) is 12.0. The normalized spacial score (nSPS) is 11.2. The van der Waals surface area contributed by atoms with Gasteiger partial charge in [-0.2, -0.15) is 5.10 Å². The first-order chi connectivity index (χ1) is 9.56. The molecule has 1 heterocycles. The summed E-state index contributed by atoms with van der Waals surface area (Å²) in [6.45, 7) is 5.97. The summed E-state index contributed by atoms with van der Waals surface area (Å²) in [6.07, 6.45) is 3.32. The summed E-state index contributed by atoms with van der Waals surface area (Å²) >= 11 is 0. The van der Waals surface area contributed by atoms with Crippen LogP contribution in [-0.2, 0) is 4.79 Å². The Labute approximate surface area is 119 Å². The molecule has 1 amide bonds. The molecule has 4 heteroatoms. The molecule has 0 saturated carbocycles. The van der Waals surface area contributed by atoms with Crippen LogP contribution in [0, 0.1) is 6.92 Å². The van der Waals surface area contributed by atoms with Gasteiger partial charge < -0.3 is 5.32 Å². The van der Waals surface area contributed by atoms with Crippen molar-refractivity contribution in [2.75, 3.05) is 5.32 Å². The lowest BCUT2D eigenvalue weighted by Gasteiger charge is -2.10. The molecule has 0 unspecified atom stereocenters. The third-order valence-electron chi connectivity index (χ3n) is 2.83. The molecule has 2 aromatic rings. The van der Waals surface area contributed by atoms with Gasteiger partial charge in [0.15, 0.2) is 0 Å². The fourth-order valence-corrected chi connectivity index (χ4v) is 1.91. The maximum atomic E-state index is 11.9. The van der Waals surface area contributed by atoms with E-state index in [-0.39, 0.29) is 11.9 Å². The van der Waals surface area contributed by atoms with Crippen LogP contribution in [0.2, 0.25) is 0 Å². The van der Waals surface area contributed by atoms with E-state index >= 15 is 0 Å². The maximum Gasteiger partial charge on any atom is 0.249 e. The summed E-state index contributed by atoms with van der Waals surface area (Å²) in [7, 11) is 0. The fourth-order valence-electron chi connectivity index (χ4n) is 1.91. The van der Waals surface area contributed by atoms with Crippen LogP contribution in [-0.4, -0.2) is 15.7 Å². The second-order valence-electron chi connectivity index (χ2n) is 4.94. The number of amides is 1. The molecule has 0 spiro atoms. The highest BCUT2D eigenvalue weighted by Crippen LogP contribution is 2.16. The summed E-state index contributed by atoms with van der Waals surface area (Å²) in [5.41, 5.74) is 1.89. The van der Waals surface area contributed by atoms with Crippen LogP contribution >= 0.6 is 0 Å². The molecule has 104 valence electrons. The van der Waals surface area contributed by atoms with Gasteiger partial charge in [-0.1, -0.05) is 30.3 Å². The first-order valence-electron chi connectivity index (χ1n) is 6.66. The molecule has 2 rings (SSSR count). The van der Waals surface area contributed by atoms with Crippen molar-refractivity contribution in [1.29, 1.82) is 0 Å². The first-order valence-corrected chi connectivity index (χ1v) is 6.66. The van der Waals surface area contributed by atoms with Crippen LogP contribution in [0.4, 0.5) is 5.82 Å². The Morgan fingerprint density at radius 3 is 2.65 bits per heavy atom. The van der Waals surface area contributed by atoms with Crippen LogP contribution < -0.4 is 5.32 Å². The number of anilines is 1. The van der Waals surface area contributed by atoms with E-state index in [1.165, 1.54) is 6.08 Å². The minimum absolute atomic E-state index is 0.157. The van der Waals surface area contributed by atoms with Gasteiger partial charge in [0.05, 0.1) is 5.69 Å². The molecule has 0 saturated heterocycles. The van der Waals surface area contributed by atoms with Crippen LogP contribution in [0.25, 0.3) is 6.08 Å². The average molecular weight is 269 g/mol. The fraction of sp³-hybridized carbons (Fsp3) is 0.250. The molecule has 20 heavy (non-hydrogen) atoms. The van der Waals surface area contributed by atoms with Crippen molar-refractivity contribution < 1.29 is 4.79 Å². The van der Waals surface area contributed by atoms with Crippen molar-refractivity contribution in [2.24, 2.45) is 0 Å². The monoisotopic (exact) mass is 269 g/mol. The molecular formula is C16H19N3O. The Bertz CT molecular complexity index is 612. The van der Waals surface area contributed by atoms with E-state index in [4.69, 9.17) is 0 Å². The number of aromatic nitrogens is 2. The molecule has 1 aromatic carbocycles. The molecule has 0 radical (unpaired) electrons. The third-order valence-corrected chi connectivity index (χ3v) is 2.83. The van der Waals surface area contributed by atoms with Crippen LogP contribution in [0.15, 0.2) is 42.5 Å². The van der Waals surface area contributed by atoms with Gasteiger partial charge in [-0.25, -0.2) is 4.68 Å². The zero-order valence-corrected chi connectivity index (χ0v) is 12.0. The third kappa shape index (κ3) is 3.57. The van der Waals surface area contributed by atoms with E-state index < -0.39 is 0 Å². The zero-order chi connectivity index (χ0) is 14.5. The van der Waals surface area contributed by atoms with Gasteiger partial charge in [0.1, 0.15) is 5.82 Å². The van der Waals surface area contributed by atoms with Gasteiger partial charge >= 0.3 is 0 Å². The number of benzene rings is 1. The molecular weight excluding hydrogens is 250 g/mol. The van der Waals surface area contributed by atoms with Crippen molar-refractivity contribution >= 4 is 17.8 Å². The molecule has 0 aliphatic heterocycles. The average Bonchev–Trinajstić information content (AvgIpc) is 2.79. The Hall–Kier alpha value is -2.36. The Balaban J connectivity index is 2.07. The second kappa shape index (κ2) is 6.19. The van der Waals surface area contributed by atoms with Crippen LogP contribution in [0.3, 0.4) is 0 Å². The van der Waals surface area contributed by atoms with Crippen LogP contribution in [0.5, 0.6) is 0 Å². The van der Waals surface area contributed by atoms with Crippen molar-refractivity contribution in [3.8, 4) is 0 Å². The van der Waals surface area contributed by atoms with Gasteiger partial charge in [-0.15, -0.1) is 0 Å². The molecule has 1 aromatic heterocycles. The summed E-state index contributed by atoms with van der Waals surface area (Å²) in [5.74, 6) is 0.566. The lowest BCUT2D eigenvalue weighted by Crippen LogP contribution is -2.14. The topological polar surface area (TPSA) is 46.9 Å². The Kier molecular flexibility index (Phi) is 4.35. The minimum Gasteiger partial charge on any atom is -0.307 e. The number of aryl methyl sites for hydroxylation is 1. The molecule has 0 bridgehead atoms. The largest absolute Gasteiger partial charge is 0.307 e. The number of carbonyl (C=O) groups excluding carboxylic acids is 1. The number of hydrogen-bond acceptors (Lipinski definition) is 2. The molecule has 4 nitrogen and oxygen atoms in total. The highest BCUT2D eigenvalue weighted by molar-refractivity contribution is 6.01. The van der Waals surface area contributed by atoms with Crippen molar-refractivity contribution in [3.63, 3.8) is 0 Å². The van der Waals surface area contributed by atoms with E-state index in [2.05, 4.69) is 10.4 Å². The van der Waals surface area contributed by atoms with Crippen molar-refractivity contribution in [2.45, 2.75) is 26.8 Å². The quantitative estimate of drug-likeness (QED) is 0.864. The summed E-state index contributed by atoms with van der Waals surface area (Å²) in [6, 6.07) is 11.8. The SMILES string of the molecule is Cc1cc(NC(=O)C=Cc2ccccc2)n(C(C)C)n1. The molecule has 0 aliphatic carbocycles. The van der Waals surface area contributed by atoms with Gasteiger partial charge in [0.2, 0.25) is 5.91 Å². The smallest absolute Gasteiger partial charge is 0.249 e. The standard InChI is InChI=1S/C16H19N3O/c1-12(2)19-15(11-13(3)18-19)17-16(20)10-9-14-7-5-4-6-8-14/h4-12H,1-3H3,(H,17,20). The van der Waals surface area contributed by atoms with Gasteiger partial charge in [-0.05, 0) is 32.4 Å². The number of nitrogens with zero attached hydrogens (tertiary/aromatic N) is 2. The predicted molar refractivity (Wildman–Crippen MR) is 81.5 cm³/mol. The number of hydrogen-bond donors (Lipinski definition) is 1. The molecule has 0 aliphatic rings. The van der Waals surface area contributed by atoms with Crippen molar-refractivity contribution in [1.82, 2.24) is 9.78 Å².